The van der Waals surface area contributed by atoms with Gasteiger partial charge in [-0.25, -0.2) is 4.39 Å². The number of rotatable bonds is 11. The Morgan fingerprint density at radius 2 is 1.67 bits per heavy atom. The van der Waals surface area contributed by atoms with E-state index in [9.17, 15) is 14.4 Å². The second kappa shape index (κ2) is 15.7. The Bertz CT molecular complexity index is 2170. The molecule has 5 aromatic rings. The maximum Gasteiger partial charge on any atom is 0.259 e. The Morgan fingerprint density at radius 3 is 2.44 bits per heavy atom. The average molecular weight is 713 g/mol. The first-order chi connectivity index (χ1) is 25.4. The summed E-state index contributed by atoms with van der Waals surface area (Å²) in [7, 11) is 1.96. The van der Waals surface area contributed by atoms with Crippen molar-refractivity contribution in [2.24, 2.45) is 5.73 Å². The van der Waals surface area contributed by atoms with Gasteiger partial charge in [-0.15, -0.1) is 0 Å². The quantitative estimate of drug-likeness (QED) is 0.157. The molecule has 0 saturated carbocycles. The van der Waals surface area contributed by atoms with Crippen LogP contribution in [0.15, 0.2) is 57.9 Å². The van der Waals surface area contributed by atoms with Crippen molar-refractivity contribution in [3.63, 3.8) is 0 Å². The van der Waals surface area contributed by atoms with E-state index in [1.54, 1.807) is 15.7 Å². The van der Waals surface area contributed by atoms with Gasteiger partial charge >= 0.3 is 0 Å². The smallest absolute Gasteiger partial charge is 0.259 e. The Morgan fingerprint density at radius 1 is 0.904 bits per heavy atom. The molecule has 2 aromatic heterocycles. The number of amides is 2. The number of nitrogens with one attached hydrogen (secondary N) is 2. The number of nitrogens with two attached hydrogens (primary N) is 1. The first-order valence-corrected chi connectivity index (χ1v) is 18.2. The first kappa shape index (κ1) is 35.4. The molecule has 5 heterocycles. The normalized spacial score (nSPS) is 15.1. The number of halogens is 1. The number of primary amides is 1. The highest BCUT2D eigenvalue weighted by Gasteiger charge is 2.33. The van der Waals surface area contributed by atoms with Crippen LogP contribution in [0.25, 0.3) is 38.5 Å². The van der Waals surface area contributed by atoms with Crippen LogP contribution in [0, 0.1) is 5.82 Å². The second-order valence-corrected chi connectivity index (χ2v) is 13.4. The Hall–Kier alpha value is -4.98. The summed E-state index contributed by atoms with van der Waals surface area (Å²) < 4.78 is 35.6. The number of carbonyl (C=O) groups excluding carboxylic acids is 2. The van der Waals surface area contributed by atoms with Gasteiger partial charge in [-0.05, 0) is 64.0 Å². The highest BCUT2D eigenvalue weighted by atomic mass is 19.1. The van der Waals surface area contributed by atoms with Crippen molar-refractivity contribution < 1.29 is 27.9 Å². The fraction of sp³-hybridized carbons (Fsp3) is 0.410. The Labute approximate surface area is 300 Å². The number of unbranched alkanes of at least 4 members (excludes halogenated alkanes) is 2. The largest absolute Gasteiger partial charge is 0.456 e. The number of ether oxygens (including phenoxy) is 2. The van der Waals surface area contributed by atoms with Crippen molar-refractivity contribution in [1.29, 1.82) is 0 Å². The fourth-order valence-corrected chi connectivity index (χ4v) is 7.21. The molecule has 3 aromatic carbocycles. The molecular formula is C39H45FN6O6. The molecule has 0 aliphatic carbocycles. The van der Waals surface area contributed by atoms with Gasteiger partial charge < -0.3 is 44.6 Å². The molecule has 52 heavy (non-hydrogen) atoms. The molecule has 13 heteroatoms. The highest BCUT2D eigenvalue weighted by molar-refractivity contribution is 6.07. The zero-order chi connectivity index (χ0) is 36.2. The third-order valence-corrected chi connectivity index (χ3v) is 9.88. The molecule has 3 aliphatic rings. The monoisotopic (exact) mass is 712 g/mol. The van der Waals surface area contributed by atoms with E-state index in [1.807, 2.05) is 48.3 Å². The number of benzene rings is 3. The molecule has 0 radical (unpaired) electrons. The van der Waals surface area contributed by atoms with Crippen molar-refractivity contribution in [3.05, 3.63) is 70.3 Å². The van der Waals surface area contributed by atoms with E-state index in [0.717, 1.165) is 42.3 Å². The summed E-state index contributed by atoms with van der Waals surface area (Å²) in [5.74, 6) is -0.353. The van der Waals surface area contributed by atoms with Crippen molar-refractivity contribution in [3.8, 4) is 17.2 Å². The van der Waals surface area contributed by atoms with Crippen molar-refractivity contribution in [1.82, 2.24) is 20.1 Å². The first-order valence-electron chi connectivity index (χ1n) is 18.2. The summed E-state index contributed by atoms with van der Waals surface area (Å²) in [5.41, 5.74) is 7.27. The van der Waals surface area contributed by atoms with Crippen LogP contribution in [0.5, 0.6) is 11.5 Å². The zero-order valence-corrected chi connectivity index (χ0v) is 29.5. The van der Waals surface area contributed by atoms with E-state index in [1.165, 1.54) is 25.3 Å². The number of fused-ring (bicyclic) bond motifs is 5. The van der Waals surface area contributed by atoms with Crippen molar-refractivity contribution >= 4 is 50.3 Å². The van der Waals surface area contributed by atoms with Gasteiger partial charge in [-0.1, -0.05) is 24.6 Å². The van der Waals surface area contributed by atoms with Crippen LogP contribution in [-0.4, -0.2) is 87.4 Å². The lowest BCUT2D eigenvalue weighted by Gasteiger charge is -2.30. The number of nitrogens with zero attached hydrogens (tertiary/aromatic N) is 3. The fourth-order valence-electron chi connectivity index (χ4n) is 7.21. The number of carbonyl (C=O) groups is 2. The lowest BCUT2D eigenvalue weighted by atomic mass is 10.0. The number of hydrogen-bond acceptors (Lipinski definition) is 9. The van der Waals surface area contributed by atoms with Crippen LogP contribution >= 0.6 is 0 Å². The molecule has 0 unspecified atom stereocenters. The van der Waals surface area contributed by atoms with Crippen LogP contribution in [0.1, 0.15) is 48.9 Å². The molecule has 274 valence electrons. The Kier molecular flexibility index (Phi) is 10.7. The molecule has 2 fully saturated rings. The van der Waals surface area contributed by atoms with Gasteiger partial charge in [0.05, 0.1) is 24.3 Å². The molecule has 4 N–H and O–H groups in total. The van der Waals surface area contributed by atoms with Gasteiger partial charge in [0, 0.05) is 62.2 Å². The van der Waals surface area contributed by atoms with Gasteiger partial charge in [0.25, 0.3) is 5.91 Å². The summed E-state index contributed by atoms with van der Waals surface area (Å²) in [4.78, 5) is 41.2. The van der Waals surface area contributed by atoms with Crippen LogP contribution in [-0.2, 0) is 9.53 Å². The van der Waals surface area contributed by atoms with Crippen LogP contribution in [0.4, 0.5) is 10.1 Å². The van der Waals surface area contributed by atoms with Gasteiger partial charge in [0.2, 0.25) is 11.3 Å². The summed E-state index contributed by atoms with van der Waals surface area (Å²) >= 11 is 0. The predicted octanol–water partition coefficient (Wildman–Crippen LogP) is 5.05. The minimum absolute atomic E-state index is 0.0128. The van der Waals surface area contributed by atoms with Crippen molar-refractivity contribution in [2.75, 3.05) is 71.0 Å². The van der Waals surface area contributed by atoms with Crippen LogP contribution < -0.4 is 31.4 Å². The lowest BCUT2D eigenvalue weighted by Crippen LogP contribution is -2.42. The summed E-state index contributed by atoms with van der Waals surface area (Å²) in [6.07, 6.45) is 7.53. The van der Waals surface area contributed by atoms with Crippen molar-refractivity contribution in [2.45, 2.75) is 38.5 Å². The molecule has 2 amide bonds. The predicted molar refractivity (Wildman–Crippen MR) is 199 cm³/mol. The standard InChI is InChI=1S/C30H24FN3O5.C9H21N3O/c31-21-13-19-26-29(27(21)32-7-3-4-8-32)39-25-14-18-17-5-1-2-6-23(17)38-24(18)15-22(25)34(26)16-20(28(19)35)30(36)33-9-11-37-12-10-33;1-11-6-3-2-4-7-12-8-5-9(10)13/h1-2,5-6,13-16H,3-4,7-12H2;11-12H,2-8H2,1H3,(H2,10,13). The summed E-state index contributed by atoms with van der Waals surface area (Å²) in [6, 6.07) is 12.8. The molecule has 0 bridgehead atoms. The minimum Gasteiger partial charge on any atom is -0.456 e. The molecule has 12 nitrogen and oxygen atoms in total. The van der Waals surface area contributed by atoms with Gasteiger partial charge in [0.1, 0.15) is 27.9 Å². The number of pyridine rings is 1. The maximum absolute atomic E-state index is 15.8. The van der Waals surface area contributed by atoms with E-state index >= 15 is 4.39 Å². The summed E-state index contributed by atoms with van der Waals surface area (Å²) in [6.45, 7) is 5.79. The van der Waals surface area contributed by atoms with Crippen LogP contribution in [0.3, 0.4) is 0 Å². The van der Waals surface area contributed by atoms with E-state index in [-0.39, 0.29) is 16.9 Å². The summed E-state index contributed by atoms with van der Waals surface area (Å²) in [5, 5.41) is 8.20. The zero-order valence-electron chi connectivity index (χ0n) is 29.5. The number of aromatic nitrogens is 1. The van der Waals surface area contributed by atoms with E-state index in [0.29, 0.717) is 86.3 Å². The number of anilines is 1. The number of hydrogen-bond donors (Lipinski definition) is 3. The van der Waals surface area contributed by atoms with E-state index in [4.69, 9.17) is 19.6 Å². The number of morpholine rings is 1. The molecule has 0 atom stereocenters. The molecule has 0 spiro atoms. The molecular weight excluding hydrogens is 667 g/mol. The Balaban J connectivity index is 0.000000279. The number of furan rings is 1. The van der Waals surface area contributed by atoms with E-state index < -0.39 is 17.2 Å². The average Bonchev–Trinajstić information content (AvgIpc) is 3.81. The minimum atomic E-state index is -0.530. The van der Waals surface area contributed by atoms with Gasteiger partial charge in [-0.3, -0.25) is 14.4 Å². The highest BCUT2D eigenvalue weighted by Crippen LogP contribution is 2.49. The van der Waals surface area contributed by atoms with E-state index in [2.05, 4.69) is 10.6 Å². The topological polar surface area (TPSA) is 144 Å². The second-order valence-electron chi connectivity index (χ2n) is 13.4. The molecule has 8 rings (SSSR count). The molecule has 3 aliphatic heterocycles. The van der Waals surface area contributed by atoms with Crippen LogP contribution in [0.2, 0.25) is 0 Å². The molecule has 2 saturated heterocycles. The maximum atomic E-state index is 15.8. The SMILES string of the molecule is CNCCCCCNCCC(N)=O.O=C(c1cn2c3c(c(N4CCCC4)c(F)cc3c1=O)Oc1cc3c(cc1-2)oc1ccccc13)N1CCOCC1. The number of para-hydroxylation sites is 1. The van der Waals surface area contributed by atoms with Gasteiger partial charge in [0.15, 0.2) is 17.3 Å². The lowest BCUT2D eigenvalue weighted by molar-refractivity contribution is -0.117. The third-order valence-electron chi connectivity index (χ3n) is 9.88. The van der Waals surface area contributed by atoms with Gasteiger partial charge in [-0.2, -0.15) is 0 Å². The third kappa shape index (κ3) is 7.08.